The van der Waals surface area contributed by atoms with E-state index in [1.807, 2.05) is 19.9 Å². The molecule has 0 heterocycles. The van der Waals surface area contributed by atoms with Crippen molar-refractivity contribution in [3.8, 4) is 5.75 Å². The summed E-state index contributed by atoms with van der Waals surface area (Å²) in [4.78, 5) is 14.8. The first-order valence-electron chi connectivity index (χ1n) is 6.10. The Morgan fingerprint density at radius 3 is 2.56 bits per heavy atom. The van der Waals surface area contributed by atoms with E-state index in [9.17, 15) is 9.90 Å². The van der Waals surface area contributed by atoms with Gasteiger partial charge in [0.1, 0.15) is 11.3 Å². The molecular formula is C14H16BrNO2. The quantitative estimate of drug-likeness (QED) is 0.666. The number of halogens is 1. The summed E-state index contributed by atoms with van der Waals surface area (Å²) in [7, 11) is 0. The molecule has 1 fully saturated rings. The summed E-state index contributed by atoms with van der Waals surface area (Å²) < 4.78 is 0.879. The molecule has 0 spiro atoms. The molecule has 1 saturated carbocycles. The Morgan fingerprint density at radius 1 is 1.39 bits per heavy atom. The molecule has 0 saturated heterocycles. The van der Waals surface area contributed by atoms with Gasteiger partial charge in [-0.3, -0.25) is 0 Å². The van der Waals surface area contributed by atoms with Crippen LogP contribution >= 0.6 is 15.9 Å². The highest BCUT2D eigenvalue weighted by atomic mass is 79.9. The average Bonchev–Trinajstić information content (AvgIpc) is 2.76. The van der Waals surface area contributed by atoms with Crippen LogP contribution in [0.3, 0.4) is 0 Å². The molecule has 1 aromatic rings. The predicted molar refractivity (Wildman–Crippen MR) is 73.5 cm³/mol. The van der Waals surface area contributed by atoms with Crippen molar-refractivity contribution in [2.45, 2.75) is 45.1 Å². The molecule has 1 aromatic carbocycles. The summed E-state index contributed by atoms with van der Waals surface area (Å²) in [6.45, 7) is 3.80. The highest BCUT2D eigenvalue weighted by Gasteiger charge is 2.39. The number of phenolic OH excluding ortho intramolecular Hbond substituents is 1. The van der Waals surface area contributed by atoms with Crippen molar-refractivity contribution in [3.63, 3.8) is 0 Å². The first kappa shape index (κ1) is 13.3. The molecule has 3 nitrogen and oxygen atoms in total. The first-order valence-corrected chi connectivity index (χ1v) is 6.89. The van der Waals surface area contributed by atoms with Crippen LogP contribution in [0, 0.1) is 13.8 Å². The molecule has 2 rings (SSSR count). The molecule has 18 heavy (non-hydrogen) atoms. The molecular weight excluding hydrogens is 294 g/mol. The van der Waals surface area contributed by atoms with Crippen LogP contribution in [-0.2, 0) is 10.3 Å². The van der Waals surface area contributed by atoms with Gasteiger partial charge in [-0.1, -0.05) is 28.8 Å². The third-order valence-electron chi connectivity index (χ3n) is 3.84. The second-order valence-corrected chi connectivity index (χ2v) is 5.82. The minimum Gasteiger partial charge on any atom is -0.507 e. The zero-order valence-electron chi connectivity index (χ0n) is 10.6. The number of aromatic hydroxyl groups is 1. The normalized spacial score (nSPS) is 17.5. The van der Waals surface area contributed by atoms with Crippen LogP contribution in [0.2, 0.25) is 0 Å². The summed E-state index contributed by atoms with van der Waals surface area (Å²) in [5, 5.41) is 10.4. The van der Waals surface area contributed by atoms with Crippen molar-refractivity contribution in [1.82, 2.24) is 0 Å². The smallest absolute Gasteiger partial charge is 0.235 e. The van der Waals surface area contributed by atoms with Crippen LogP contribution in [-0.4, -0.2) is 11.2 Å². The Labute approximate surface area is 115 Å². The minimum absolute atomic E-state index is 0.253. The van der Waals surface area contributed by atoms with Gasteiger partial charge in [0.15, 0.2) is 0 Å². The third kappa shape index (κ3) is 2.00. The SMILES string of the molecule is Cc1cc(Br)c(C)c(O)c1C1(N=C=O)CCCC1. The summed E-state index contributed by atoms with van der Waals surface area (Å²) in [6, 6.07) is 1.98. The molecule has 0 aliphatic heterocycles. The van der Waals surface area contributed by atoms with Gasteiger partial charge in [0.2, 0.25) is 6.08 Å². The van der Waals surface area contributed by atoms with Gasteiger partial charge >= 0.3 is 0 Å². The first-order chi connectivity index (χ1) is 8.52. The molecule has 1 aliphatic carbocycles. The number of rotatable bonds is 2. The second kappa shape index (κ2) is 4.87. The standard InChI is InChI=1S/C14H16BrNO2/c1-9-7-11(15)10(2)13(18)12(9)14(16-8-17)5-3-4-6-14/h7,18H,3-6H2,1-2H3. The minimum atomic E-state index is -0.568. The summed E-state index contributed by atoms with van der Waals surface area (Å²) in [6.07, 6.45) is 5.35. The Kier molecular flexibility index (Phi) is 3.60. The van der Waals surface area contributed by atoms with Crippen LogP contribution in [0.4, 0.5) is 0 Å². The Balaban J connectivity index is 2.69. The lowest BCUT2D eigenvalue weighted by Crippen LogP contribution is -2.21. The number of benzene rings is 1. The van der Waals surface area contributed by atoms with Gasteiger partial charge in [-0.25, -0.2) is 4.79 Å². The van der Waals surface area contributed by atoms with E-state index in [4.69, 9.17) is 0 Å². The number of isocyanates is 1. The van der Waals surface area contributed by atoms with Crippen LogP contribution in [0.15, 0.2) is 15.5 Å². The fourth-order valence-electron chi connectivity index (χ4n) is 2.91. The lowest BCUT2D eigenvalue weighted by atomic mass is 9.84. The monoisotopic (exact) mass is 309 g/mol. The molecule has 96 valence electrons. The lowest BCUT2D eigenvalue weighted by Gasteiger charge is -2.27. The van der Waals surface area contributed by atoms with E-state index in [0.717, 1.165) is 46.8 Å². The zero-order valence-corrected chi connectivity index (χ0v) is 12.2. The van der Waals surface area contributed by atoms with Gasteiger partial charge in [-0.2, -0.15) is 4.99 Å². The molecule has 1 N–H and O–H groups in total. The highest BCUT2D eigenvalue weighted by Crippen LogP contribution is 2.48. The molecule has 0 aromatic heterocycles. The Bertz CT molecular complexity index is 527. The molecule has 4 heteroatoms. The maximum Gasteiger partial charge on any atom is 0.235 e. The van der Waals surface area contributed by atoms with E-state index in [2.05, 4.69) is 20.9 Å². The third-order valence-corrected chi connectivity index (χ3v) is 4.67. The second-order valence-electron chi connectivity index (χ2n) is 4.97. The van der Waals surface area contributed by atoms with Crippen LogP contribution in [0.1, 0.15) is 42.4 Å². The predicted octanol–water partition coefficient (Wildman–Crippen LogP) is 3.88. The van der Waals surface area contributed by atoms with Gasteiger partial charge in [0.05, 0.1) is 0 Å². The molecule has 0 bridgehead atoms. The van der Waals surface area contributed by atoms with E-state index in [1.54, 1.807) is 6.08 Å². The summed E-state index contributed by atoms with van der Waals surface area (Å²) in [5.41, 5.74) is 1.99. The van der Waals surface area contributed by atoms with Crippen LogP contribution < -0.4 is 0 Å². The molecule has 0 unspecified atom stereocenters. The van der Waals surface area contributed by atoms with Gasteiger partial charge in [0, 0.05) is 15.6 Å². The number of aliphatic imine (C=N–C) groups is 1. The summed E-state index contributed by atoms with van der Waals surface area (Å²) >= 11 is 3.43. The van der Waals surface area contributed by atoms with Crippen molar-refractivity contribution in [1.29, 1.82) is 0 Å². The van der Waals surface area contributed by atoms with E-state index in [1.165, 1.54) is 0 Å². The lowest BCUT2D eigenvalue weighted by molar-refractivity contribution is 0.404. The zero-order chi connectivity index (χ0) is 13.3. The van der Waals surface area contributed by atoms with Crippen molar-refractivity contribution in [3.05, 3.63) is 27.2 Å². The van der Waals surface area contributed by atoms with Crippen LogP contribution in [0.5, 0.6) is 5.75 Å². The largest absolute Gasteiger partial charge is 0.507 e. The van der Waals surface area contributed by atoms with Crippen LogP contribution in [0.25, 0.3) is 0 Å². The number of aryl methyl sites for hydroxylation is 1. The number of nitrogens with zero attached hydrogens (tertiary/aromatic N) is 1. The van der Waals surface area contributed by atoms with Crippen molar-refractivity contribution in [2.75, 3.05) is 0 Å². The van der Waals surface area contributed by atoms with Gasteiger partial charge < -0.3 is 5.11 Å². The van der Waals surface area contributed by atoms with Crippen molar-refractivity contribution in [2.24, 2.45) is 4.99 Å². The number of hydrogen-bond donors (Lipinski definition) is 1. The molecule has 0 radical (unpaired) electrons. The van der Waals surface area contributed by atoms with E-state index >= 15 is 0 Å². The number of phenols is 1. The van der Waals surface area contributed by atoms with E-state index in [0.29, 0.717) is 0 Å². The highest BCUT2D eigenvalue weighted by molar-refractivity contribution is 9.10. The maximum atomic E-state index is 10.7. The summed E-state index contributed by atoms with van der Waals surface area (Å²) in [5.74, 6) is 0.253. The van der Waals surface area contributed by atoms with Crippen molar-refractivity contribution < 1.29 is 9.90 Å². The van der Waals surface area contributed by atoms with Gasteiger partial charge in [-0.05, 0) is 38.3 Å². The number of hydrogen-bond acceptors (Lipinski definition) is 3. The number of carbonyl (C=O) groups excluding carboxylic acids is 1. The Morgan fingerprint density at radius 2 is 2.00 bits per heavy atom. The molecule has 0 atom stereocenters. The Hall–Kier alpha value is -1.12. The van der Waals surface area contributed by atoms with Gasteiger partial charge in [0.25, 0.3) is 0 Å². The molecule has 1 aliphatic rings. The van der Waals surface area contributed by atoms with E-state index in [-0.39, 0.29) is 5.75 Å². The molecule has 0 amide bonds. The van der Waals surface area contributed by atoms with Gasteiger partial charge in [-0.15, -0.1) is 0 Å². The average molecular weight is 310 g/mol. The topological polar surface area (TPSA) is 49.7 Å². The maximum absolute atomic E-state index is 10.7. The van der Waals surface area contributed by atoms with Crippen molar-refractivity contribution >= 4 is 22.0 Å². The fourth-order valence-corrected chi connectivity index (χ4v) is 3.44. The fraction of sp³-hybridized carbons (Fsp3) is 0.500. The van der Waals surface area contributed by atoms with E-state index < -0.39 is 5.54 Å².